The lowest BCUT2D eigenvalue weighted by Gasteiger charge is -2.27. The topological polar surface area (TPSA) is 69.6 Å². The maximum atomic E-state index is 13.8. The van der Waals surface area contributed by atoms with E-state index in [0.717, 1.165) is 5.56 Å². The first-order chi connectivity index (χ1) is 16.7. The summed E-state index contributed by atoms with van der Waals surface area (Å²) in [6, 6.07) is 18.0. The zero-order valence-electron chi connectivity index (χ0n) is 19.1. The standard InChI is InChI=1S/C27H25Cl3N2O3/c1-16(33)31-23-13-12-22(29)26(30)25(23)27(35)32(15-24(34)20-8-10-21(28)11-9-20)14-17-2-4-18(5-3-17)19-6-7-19/h2-5,8-13,19,24,34H,6-7,14-15H2,1H3,(H,31,33). The van der Waals surface area contributed by atoms with Crippen molar-refractivity contribution in [2.45, 2.75) is 38.3 Å². The lowest BCUT2D eigenvalue weighted by atomic mass is 10.0. The third-order valence-electron chi connectivity index (χ3n) is 5.96. The predicted molar refractivity (Wildman–Crippen MR) is 140 cm³/mol. The van der Waals surface area contributed by atoms with Crippen molar-refractivity contribution in [1.29, 1.82) is 0 Å². The quantitative estimate of drug-likeness (QED) is 0.334. The van der Waals surface area contributed by atoms with Crippen molar-refractivity contribution >= 4 is 52.3 Å². The molecule has 1 unspecified atom stereocenters. The molecule has 1 aliphatic rings. The Morgan fingerprint density at radius 1 is 1.00 bits per heavy atom. The number of carbonyl (C=O) groups excluding carboxylic acids is 2. The number of hydrogen-bond acceptors (Lipinski definition) is 3. The molecule has 8 heteroatoms. The van der Waals surface area contributed by atoms with Crippen LogP contribution in [0.3, 0.4) is 0 Å². The highest BCUT2D eigenvalue weighted by Crippen LogP contribution is 2.40. The highest BCUT2D eigenvalue weighted by Gasteiger charge is 2.27. The van der Waals surface area contributed by atoms with Crippen molar-refractivity contribution in [1.82, 2.24) is 4.90 Å². The minimum absolute atomic E-state index is 0.00675. The largest absolute Gasteiger partial charge is 0.387 e. The van der Waals surface area contributed by atoms with Gasteiger partial charge >= 0.3 is 0 Å². The molecule has 0 spiro atoms. The van der Waals surface area contributed by atoms with Gasteiger partial charge in [-0.05, 0) is 59.7 Å². The van der Waals surface area contributed by atoms with Crippen LogP contribution in [0, 0.1) is 0 Å². The van der Waals surface area contributed by atoms with E-state index in [4.69, 9.17) is 34.8 Å². The summed E-state index contributed by atoms with van der Waals surface area (Å²) in [5.41, 5.74) is 3.15. The fourth-order valence-corrected chi connectivity index (χ4v) is 4.49. The van der Waals surface area contributed by atoms with Gasteiger partial charge in [-0.25, -0.2) is 0 Å². The Bertz CT molecular complexity index is 1230. The molecule has 1 fully saturated rings. The summed E-state index contributed by atoms with van der Waals surface area (Å²) < 4.78 is 0. The van der Waals surface area contributed by atoms with Gasteiger partial charge in [0, 0.05) is 18.5 Å². The molecular formula is C27H25Cl3N2O3. The summed E-state index contributed by atoms with van der Waals surface area (Å²) in [5, 5.41) is 14.4. The van der Waals surface area contributed by atoms with Crippen molar-refractivity contribution < 1.29 is 14.7 Å². The van der Waals surface area contributed by atoms with E-state index < -0.39 is 12.0 Å². The predicted octanol–water partition coefficient (Wildman–Crippen LogP) is 6.86. The zero-order chi connectivity index (χ0) is 25.1. The number of aliphatic hydroxyl groups excluding tert-OH is 1. The van der Waals surface area contributed by atoms with Crippen LogP contribution >= 0.6 is 34.8 Å². The van der Waals surface area contributed by atoms with Crippen LogP contribution in [0.15, 0.2) is 60.7 Å². The second-order valence-electron chi connectivity index (χ2n) is 8.73. The van der Waals surface area contributed by atoms with E-state index in [1.807, 2.05) is 12.1 Å². The molecule has 5 nitrogen and oxygen atoms in total. The number of nitrogens with one attached hydrogen (secondary N) is 1. The molecule has 4 rings (SSSR count). The molecule has 3 aromatic carbocycles. The highest BCUT2D eigenvalue weighted by molar-refractivity contribution is 6.44. The summed E-state index contributed by atoms with van der Waals surface area (Å²) in [4.78, 5) is 27.1. The molecule has 1 aliphatic carbocycles. The smallest absolute Gasteiger partial charge is 0.257 e. The Morgan fingerprint density at radius 2 is 1.66 bits per heavy atom. The number of amides is 2. The van der Waals surface area contributed by atoms with Crippen molar-refractivity contribution in [3.63, 3.8) is 0 Å². The molecule has 0 radical (unpaired) electrons. The van der Waals surface area contributed by atoms with Crippen molar-refractivity contribution in [3.8, 4) is 0 Å². The van der Waals surface area contributed by atoms with Crippen LogP contribution in [0.1, 0.15) is 58.8 Å². The van der Waals surface area contributed by atoms with E-state index in [-0.39, 0.29) is 40.3 Å². The Hall–Kier alpha value is -2.57. The lowest BCUT2D eigenvalue weighted by molar-refractivity contribution is -0.114. The third-order valence-corrected chi connectivity index (χ3v) is 7.01. The van der Waals surface area contributed by atoms with E-state index in [1.54, 1.807) is 30.3 Å². The van der Waals surface area contributed by atoms with E-state index >= 15 is 0 Å². The monoisotopic (exact) mass is 530 g/mol. The molecule has 182 valence electrons. The number of anilines is 1. The van der Waals surface area contributed by atoms with Crippen LogP contribution in [0.25, 0.3) is 0 Å². The van der Waals surface area contributed by atoms with Gasteiger partial charge in [0.1, 0.15) is 0 Å². The number of nitrogens with zero attached hydrogens (tertiary/aromatic N) is 1. The van der Waals surface area contributed by atoms with Crippen LogP contribution in [0.2, 0.25) is 15.1 Å². The Labute approximate surface area is 219 Å². The van der Waals surface area contributed by atoms with Crippen LogP contribution in [-0.4, -0.2) is 28.4 Å². The maximum absolute atomic E-state index is 13.8. The minimum atomic E-state index is -0.968. The van der Waals surface area contributed by atoms with Gasteiger partial charge in [-0.15, -0.1) is 0 Å². The van der Waals surface area contributed by atoms with Gasteiger partial charge in [0.05, 0.1) is 33.9 Å². The second kappa shape index (κ2) is 11.0. The van der Waals surface area contributed by atoms with E-state index in [2.05, 4.69) is 17.4 Å². The highest BCUT2D eigenvalue weighted by atomic mass is 35.5. The van der Waals surface area contributed by atoms with Crippen molar-refractivity contribution in [2.75, 3.05) is 11.9 Å². The van der Waals surface area contributed by atoms with Crippen LogP contribution in [0.4, 0.5) is 5.69 Å². The SMILES string of the molecule is CC(=O)Nc1ccc(Cl)c(Cl)c1C(=O)N(Cc1ccc(C2CC2)cc1)CC(O)c1ccc(Cl)cc1. The normalized spacial score (nSPS) is 13.9. The third kappa shape index (κ3) is 6.36. The Balaban J connectivity index is 1.67. The minimum Gasteiger partial charge on any atom is -0.387 e. The summed E-state index contributed by atoms with van der Waals surface area (Å²) in [7, 11) is 0. The molecule has 1 saturated carbocycles. The molecule has 2 N–H and O–H groups in total. The van der Waals surface area contributed by atoms with Crippen LogP contribution in [0.5, 0.6) is 0 Å². The van der Waals surface area contributed by atoms with Gasteiger partial charge in [-0.1, -0.05) is 71.2 Å². The van der Waals surface area contributed by atoms with Gasteiger partial charge in [-0.3, -0.25) is 9.59 Å². The van der Waals surface area contributed by atoms with Gasteiger partial charge < -0.3 is 15.3 Å². The zero-order valence-corrected chi connectivity index (χ0v) is 21.4. The van der Waals surface area contributed by atoms with Crippen molar-refractivity contribution in [2.24, 2.45) is 0 Å². The van der Waals surface area contributed by atoms with E-state index in [0.29, 0.717) is 16.5 Å². The molecule has 0 aliphatic heterocycles. The summed E-state index contributed by atoms with van der Waals surface area (Å²) in [6.07, 6.45) is 1.44. The molecule has 0 heterocycles. The first-order valence-corrected chi connectivity index (χ1v) is 12.4. The molecule has 0 saturated heterocycles. The van der Waals surface area contributed by atoms with Gasteiger partial charge in [0.15, 0.2) is 0 Å². The summed E-state index contributed by atoms with van der Waals surface area (Å²) in [6.45, 7) is 1.57. The molecule has 0 bridgehead atoms. The number of hydrogen-bond donors (Lipinski definition) is 2. The number of carbonyl (C=O) groups is 2. The number of halogens is 3. The van der Waals surface area contributed by atoms with Crippen LogP contribution < -0.4 is 5.32 Å². The maximum Gasteiger partial charge on any atom is 0.257 e. The molecule has 1 atom stereocenters. The first-order valence-electron chi connectivity index (χ1n) is 11.3. The number of aliphatic hydroxyl groups is 1. The lowest BCUT2D eigenvalue weighted by Crippen LogP contribution is -2.35. The number of rotatable bonds is 8. The molecule has 2 amide bonds. The first kappa shape index (κ1) is 25.5. The molecular weight excluding hydrogens is 507 g/mol. The molecule has 35 heavy (non-hydrogen) atoms. The second-order valence-corrected chi connectivity index (χ2v) is 9.96. The van der Waals surface area contributed by atoms with E-state index in [9.17, 15) is 14.7 Å². The Kier molecular flexibility index (Phi) is 8.02. The summed E-state index contributed by atoms with van der Waals surface area (Å²) >= 11 is 18.7. The number of benzene rings is 3. The van der Waals surface area contributed by atoms with Gasteiger partial charge in [0.25, 0.3) is 5.91 Å². The van der Waals surface area contributed by atoms with Gasteiger partial charge in [-0.2, -0.15) is 0 Å². The molecule has 3 aromatic rings. The average Bonchev–Trinajstić information content (AvgIpc) is 3.67. The van der Waals surface area contributed by atoms with Gasteiger partial charge in [0.2, 0.25) is 5.91 Å². The van der Waals surface area contributed by atoms with Crippen molar-refractivity contribution in [3.05, 3.63) is 98.0 Å². The fourth-order valence-electron chi connectivity index (χ4n) is 3.96. The van der Waals surface area contributed by atoms with E-state index in [1.165, 1.54) is 36.3 Å². The fraction of sp³-hybridized carbons (Fsp3) is 0.259. The Morgan fingerprint density at radius 3 is 2.26 bits per heavy atom. The molecule has 0 aromatic heterocycles. The average molecular weight is 532 g/mol. The summed E-state index contributed by atoms with van der Waals surface area (Å²) in [5.74, 6) is -0.180. The van der Waals surface area contributed by atoms with Crippen LogP contribution in [-0.2, 0) is 11.3 Å².